The van der Waals surface area contributed by atoms with Crippen molar-refractivity contribution in [1.82, 2.24) is 4.98 Å². The minimum absolute atomic E-state index is 0.999. The van der Waals surface area contributed by atoms with E-state index < -0.39 is 0 Å². The van der Waals surface area contributed by atoms with Crippen molar-refractivity contribution < 1.29 is 0 Å². The van der Waals surface area contributed by atoms with E-state index >= 15 is 0 Å². The van der Waals surface area contributed by atoms with Gasteiger partial charge in [0.2, 0.25) is 0 Å². The topological polar surface area (TPSA) is 12.9 Å². The average Bonchev–Trinajstić information content (AvgIpc) is 2.88. The summed E-state index contributed by atoms with van der Waals surface area (Å²) in [5.74, 6) is 0. The highest BCUT2D eigenvalue weighted by atomic mass is 127. The molecule has 0 unspecified atom stereocenters. The van der Waals surface area contributed by atoms with E-state index in [4.69, 9.17) is 4.98 Å². The molecule has 0 spiro atoms. The molecule has 0 amide bonds. The lowest BCUT2D eigenvalue weighted by Crippen LogP contribution is -1.87. The fraction of sp³-hybridized carbons (Fsp3) is 0. The van der Waals surface area contributed by atoms with E-state index in [1.165, 1.54) is 47.4 Å². The number of nitrogens with zero attached hydrogens (tertiary/aromatic N) is 1. The molecular weight excluding hydrogens is 513 g/mol. The van der Waals surface area contributed by atoms with Gasteiger partial charge in [0.15, 0.2) is 0 Å². The predicted molar refractivity (Wildman–Crippen MR) is 148 cm³/mol. The van der Waals surface area contributed by atoms with E-state index in [-0.39, 0.29) is 0 Å². The van der Waals surface area contributed by atoms with Crippen LogP contribution in [0.5, 0.6) is 0 Å². The lowest BCUT2D eigenvalue weighted by Gasteiger charge is -2.09. The van der Waals surface area contributed by atoms with Crippen molar-refractivity contribution >= 4 is 44.1 Å². The van der Waals surface area contributed by atoms with Gasteiger partial charge in [0.1, 0.15) is 0 Å². The van der Waals surface area contributed by atoms with Crippen molar-refractivity contribution in [2.75, 3.05) is 0 Å². The fourth-order valence-electron chi connectivity index (χ4n) is 4.42. The number of rotatable bonds is 3. The lowest BCUT2D eigenvalue weighted by molar-refractivity contribution is 1.33. The molecule has 0 atom stereocenters. The Balaban J connectivity index is 1.33. The quantitative estimate of drug-likeness (QED) is 0.207. The summed E-state index contributed by atoms with van der Waals surface area (Å²) in [6.45, 7) is 0. The standard InChI is InChI=1S/C31H20IN/c32-28-15-12-21(13-16-28)23-8-9-25-19-26(11-10-24(25)18-23)27-14-17-31(33-20-27)30-7-3-5-22-4-1-2-6-29(22)30/h1-20H. The molecule has 0 N–H and O–H groups in total. The van der Waals surface area contributed by atoms with Crippen LogP contribution in [0.2, 0.25) is 0 Å². The van der Waals surface area contributed by atoms with E-state index in [0.717, 1.165) is 11.3 Å². The molecule has 156 valence electrons. The van der Waals surface area contributed by atoms with E-state index in [1.54, 1.807) is 0 Å². The van der Waals surface area contributed by atoms with Crippen LogP contribution in [-0.2, 0) is 0 Å². The first-order valence-corrected chi connectivity index (χ1v) is 12.1. The van der Waals surface area contributed by atoms with Crippen molar-refractivity contribution in [3.05, 3.63) is 125 Å². The Labute approximate surface area is 206 Å². The first-order valence-electron chi connectivity index (χ1n) is 11.0. The molecule has 33 heavy (non-hydrogen) atoms. The van der Waals surface area contributed by atoms with Crippen LogP contribution in [0.4, 0.5) is 0 Å². The van der Waals surface area contributed by atoms with Crippen molar-refractivity contribution in [2.24, 2.45) is 0 Å². The first kappa shape index (κ1) is 20.1. The van der Waals surface area contributed by atoms with E-state index in [9.17, 15) is 0 Å². The molecule has 0 saturated carbocycles. The van der Waals surface area contributed by atoms with Gasteiger partial charge in [-0.05, 0) is 91.2 Å². The molecule has 0 bridgehead atoms. The Morgan fingerprint density at radius 3 is 1.85 bits per heavy atom. The number of hydrogen-bond acceptors (Lipinski definition) is 1. The Hall–Kier alpha value is -3.50. The molecule has 0 aliphatic rings. The van der Waals surface area contributed by atoms with E-state index in [1.807, 2.05) is 6.20 Å². The van der Waals surface area contributed by atoms with Crippen LogP contribution in [0.3, 0.4) is 0 Å². The number of benzene rings is 5. The summed E-state index contributed by atoms with van der Waals surface area (Å²) in [7, 11) is 0. The largest absolute Gasteiger partial charge is 0.256 e. The molecule has 1 nitrogen and oxygen atoms in total. The van der Waals surface area contributed by atoms with E-state index in [0.29, 0.717) is 0 Å². The highest BCUT2D eigenvalue weighted by molar-refractivity contribution is 14.1. The second-order valence-corrected chi connectivity index (χ2v) is 9.49. The third kappa shape index (κ3) is 3.91. The summed E-state index contributed by atoms with van der Waals surface area (Å²) in [5.41, 5.74) is 6.96. The SMILES string of the molecule is Ic1ccc(-c2ccc3cc(-c4ccc(-c5cccc6ccccc56)nc4)ccc3c2)cc1. The van der Waals surface area contributed by atoms with E-state index in [2.05, 4.69) is 138 Å². The molecule has 0 saturated heterocycles. The molecule has 2 heteroatoms. The van der Waals surface area contributed by atoms with Crippen LogP contribution in [-0.4, -0.2) is 4.98 Å². The maximum atomic E-state index is 4.82. The maximum Gasteiger partial charge on any atom is 0.0708 e. The van der Waals surface area contributed by atoms with Gasteiger partial charge >= 0.3 is 0 Å². The molecule has 5 aromatic carbocycles. The smallest absolute Gasteiger partial charge is 0.0708 e. The van der Waals surface area contributed by atoms with Crippen molar-refractivity contribution in [1.29, 1.82) is 0 Å². The first-order chi connectivity index (χ1) is 16.2. The van der Waals surface area contributed by atoms with Gasteiger partial charge in [0.05, 0.1) is 5.69 Å². The third-order valence-electron chi connectivity index (χ3n) is 6.18. The van der Waals surface area contributed by atoms with Gasteiger partial charge in [0.25, 0.3) is 0 Å². The molecule has 0 radical (unpaired) electrons. The number of pyridine rings is 1. The normalized spacial score (nSPS) is 11.2. The second kappa shape index (κ2) is 8.45. The summed E-state index contributed by atoms with van der Waals surface area (Å²) >= 11 is 2.34. The highest BCUT2D eigenvalue weighted by Gasteiger charge is 2.07. The van der Waals surface area contributed by atoms with Crippen LogP contribution < -0.4 is 0 Å². The fourth-order valence-corrected chi connectivity index (χ4v) is 4.78. The molecule has 6 rings (SSSR count). The average molecular weight is 533 g/mol. The molecule has 0 fully saturated rings. The molecule has 1 heterocycles. The number of hydrogen-bond donors (Lipinski definition) is 0. The third-order valence-corrected chi connectivity index (χ3v) is 6.90. The van der Waals surface area contributed by atoms with Gasteiger partial charge < -0.3 is 0 Å². The van der Waals surface area contributed by atoms with Crippen LogP contribution in [0.15, 0.2) is 121 Å². The number of halogens is 1. The zero-order chi connectivity index (χ0) is 22.2. The van der Waals surface area contributed by atoms with Gasteiger partial charge in [-0.3, -0.25) is 4.98 Å². The molecule has 0 aliphatic carbocycles. The Morgan fingerprint density at radius 2 is 1.12 bits per heavy atom. The Morgan fingerprint density at radius 1 is 0.485 bits per heavy atom. The summed E-state index contributed by atoms with van der Waals surface area (Å²) in [6, 6.07) is 41.1. The summed E-state index contributed by atoms with van der Waals surface area (Å²) in [4.78, 5) is 4.82. The number of aromatic nitrogens is 1. The van der Waals surface area contributed by atoms with Gasteiger partial charge in [-0.1, -0.05) is 84.9 Å². The maximum absolute atomic E-state index is 4.82. The summed E-state index contributed by atoms with van der Waals surface area (Å²) < 4.78 is 1.25. The molecule has 1 aromatic heterocycles. The van der Waals surface area contributed by atoms with Crippen molar-refractivity contribution in [3.8, 4) is 33.5 Å². The zero-order valence-electron chi connectivity index (χ0n) is 17.9. The minimum atomic E-state index is 0.999. The second-order valence-electron chi connectivity index (χ2n) is 8.24. The Kier molecular flexibility index (Phi) is 5.16. The Bertz CT molecular complexity index is 1590. The van der Waals surface area contributed by atoms with Crippen LogP contribution in [0.1, 0.15) is 0 Å². The van der Waals surface area contributed by atoms with Gasteiger partial charge in [0, 0.05) is 20.9 Å². The van der Waals surface area contributed by atoms with Crippen LogP contribution >= 0.6 is 22.6 Å². The summed E-state index contributed by atoms with van der Waals surface area (Å²) in [5, 5.41) is 4.95. The lowest BCUT2D eigenvalue weighted by atomic mass is 9.97. The van der Waals surface area contributed by atoms with Gasteiger partial charge in [-0.25, -0.2) is 0 Å². The summed E-state index contributed by atoms with van der Waals surface area (Å²) in [6.07, 6.45) is 1.98. The monoisotopic (exact) mass is 533 g/mol. The predicted octanol–water partition coefficient (Wildman–Crippen LogP) is 8.99. The molecular formula is C31H20IN. The number of fused-ring (bicyclic) bond motifs is 2. The zero-order valence-corrected chi connectivity index (χ0v) is 20.0. The van der Waals surface area contributed by atoms with Crippen LogP contribution in [0, 0.1) is 3.57 Å². The van der Waals surface area contributed by atoms with Crippen molar-refractivity contribution in [2.45, 2.75) is 0 Å². The molecule has 6 aromatic rings. The van der Waals surface area contributed by atoms with Crippen molar-refractivity contribution in [3.63, 3.8) is 0 Å². The van der Waals surface area contributed by atoms with Gasteiger partial charge in [-0.2, -0.15) is 0 Å². The molecule has 0 aliphatic heterocycles. The minimum Gasteiger partial charge on any atom is -0.256 e. The van der Waals surface area contributed by atoms with Gasteiger partial charge in [-0.15, -0.1) is 0 Å². The van der Waals surface area contributed by atoms with Crippen LogP contribution in [0.25, 0.3) is 55.1 Å². The highest BCUT2D eigenvalue weighted by Crippen LogP contribution is 2.31.